The Morgan fingerprint density at radius 3 is 2.62 bits per heavy atom. The Labute approximate surface area is 152 Å². The molecule has 1 saturated heterocycles. The highest BCUT2D eigenvalue weighted by molar-refractivity contribution is 7.89. The van der Waals surface area contributed by atoms with Crippen LogP contribution in [0.25, 0.3) is 0 Å². The lowest BCUT2D eigenvalue weighted by molar-refractivity contribution is -0.139. The molecule has 140 valence electrons. The smallest absolute Gasteiger partial charge is 0.307 e. The number of nitrogens with one attached hydrogen (secondary N) is 1. The maximum atomic E-state index is 12.7. The van der Waals surface area contributed by atoms with Crippen LogP contribution in [0.2, 0.25) is 0 Å². The van der Waals surface area contributed by atoms with Gasteiger partial charge >= 0.3 is 5.97 Å². The summed E-state index contributed by atoms with van der Waals surface area (Å²) < 4.78 is 26.8. The number of amides is 1. The summed E-state index contributed by atoms with van der Waals surface area (Å²) >= 11 is 0. The number of carboxylic acid groups (broad SMARTS) is 1. The summed E-state index contributed by atoms with van der Waals surface area (Å²) in [5, 5.41) is 9.14. The van der Waals surface area contributed by atoms with Crippen molar-refractivity contribution < 1.29 is 23.1 Å². The van der Waals surface area contributed by atoms with Crippen molar-refractivity contribution in [3.63, 3.8) is 0 Å². The Morgan fingerprint density at radius 2 is 2.04 bits per heavy atom. The Bertz CT molecular complexity index is 841. The van der Waals surface area contributed by atoms with E-state index in [9.17, 15) is 18.0 Å². The van der Waals surface area contributed by atoms with Gasteiger partial charge in [-0.15, -0.1) is 6.58 Å². The number of likely N-dealkylation sites (tertiary alicyclic amines) is 1. The van der Waals surface area contributed by atoms with E-state index in [1.54, 1.807) is 17.0 Å². The van der Waals surface area contributed by atoms with E-state index in [1.807, 2.05) is 0 Å². The van der Waals surface area contributed by atoms with E-state index in [2.05, 4.69) is 11.3 Å². The van der Waals surface area contributed by atoms with Gasteiger partial charge in [0, 0.05) is 25.2 Å². The van der Waals surface area contributed by atoms with Gasteiger partial charge in [0.25, 0.3) is 5.91 Å². The zero-order valence-electron chi connectivity index (χ0n) is 14.3. The molecular formula is C18H22N2O5S. The molecule has 26 heavy (non-hydrogen) atoms. The van der Waals surface area contributed by atoms with Crippen LogP contribution in [-0.4, -0.2) is 49.9 Å². The molecule has 1 heterocycles. The van der Waals surface area contributed by atoms with Crippen molar-refractivity contribution in [2.24, 2.45) is 11.3 Å². The largest absolute Gasteiger partial charge is 0.481 e. The highest BCUT2D eigenvalue weighted by Gasteiger charge is 2.59. The Kier molecular flexibility index (Phi) is 4.90. The van der Waals surface area contributed by atoms with Gasteiger partial charge in [-0.05, 0) is 42.9 Å². The Balaban J connectivity index is 1.69. The molecule has 1 aromatic carbocycles. The van der Waals surface area contributed by atoms with Crippen molar-refractivity contribution in [1.82, 2.24) is 9.62 Å². The quantitative estimate of drug-likeness (QED) is 0.730. The molecule has 7 nitrogen and oxygen atoms in total. The number of nitrogens with zero attached hydrogens (tertiary/aromatic N) is 1. The third-order valence-corrected chi connectivity index (χ3v) is 6.76. The number of carbonyl (C=O) groups excluding carboxylic acids is 1. The Morgan fingerprint density at radius 1 is 1.35 bits per heavy atom. The van der Waals surface area contributed by atoms with E-state index < -0.39 is 16.0 Å². The number of carbonyl (C=O) groups is 2. The SMILES string of the molecule is C=CCNS(=O)(=O)c1cccc(C(=O)N2CCC3(CC2)CC3C(=O)O)c1. The normalized spacial score (nSPS) is 21.4. The van der Waals surface area contributed by atoms with Gasteiger partial charge in [-0.25, -0.2) is 13.1 Å². The summed E-state index contributed by atoms with van der Waals surface area (Å²) in [6.07, 6.45) is 3.48. The number of benzene rings is 1. The fourth-order valence-corrected chi connectivity index (χ4v) is 4.68. The van der Waals surface area contributed by atoms with E-state index in [1.165, 1.54) is 18.2 Å². The predicted octanol–water partition coefficient (Wildman–Crippen LogP) is 1.48. The van der Waals surface area contributed by atoms with E-state index in [0.29, 0.717) is 37.9 Å². The lowest BCUT2D eigenvalue weighted by Gasteiger charge is -2.32. The summed E-state index contributed by atoms with van der Waals surface area (Å²) in [6, 6.07) is 5.95. The van der Waals surface area contributed by atoms with Crippen molar-refractivity contribution in [3.8, 4) is 0 Å². The summed E-state index contributed by atoms with van der Waals surface area (Å²) in [4.78, 5) is 25.6. The van der Waals surface area contributed by atoms with Crippen LogP contribution < -0.4 is 4.72 Å². The molecular weight excluding hydrogens is 356 g/mol. The number of carboxylic acids is 1. The molecule has 8 heteroatoms. The van der Waals surface area contributed by atoms with Crippen LogP contribution in [0.15, 0.2) is 41.8 Å². The number of hydrogen-bond donors (Lipinski definition) is 2. The lowest BCUT2D eigenvalue weighted by atomic mass is 9.90. The molecule has 0 aromatic heterocycles. The van der Waals surface area contributed by atoms with Gasteiger partial charge < -0.3 is 10.0 Å². The van der Waals surface area contributed by atoms with Gasteiger partial charge in [0.2, 0.25) is 10.0 Å². The van der Waals surface area contributed by atoms with Gasteiger partial charge in [-0.2, -0.15) is 0 Å². The third-order valence-electron chi connectivity index (χ3n) is 5.34. The van der Waals surface area contributed by atoms with Crippen LogP contribution in [0.1, 0.15) is 29.6 Å². The fourth-order valence-electron chi connectivity index (χ4n) is 3.64. The molecule has 3 rings (SSSR count). The molecule has 1 unspecified atom stereocenters. The summed E-state index contributed by atoms with van der Waals surface area (Å²) in [5.74, 6) is -1.27. The van der Waals surface area contributed by atoms with Crippen LogP contribution in [0, 0.1) is 11.3 Å². The van der Waals surface area contributed by atoms with E-state index >= 15 is 0 Å². The van der Waals surface area contributed by atoms with Crippen LogP contribution in [-0.2, 0) is 14.8 Å². The maximum Gasteiger partial charge on any atom is 0.307 e. The topological polar surface area (TPSA) is 104 Å². The first-order valence-corrected chi connectivity index (χ1v) is 10.0. The second-order valence-electron chi connectivity index (χ2n) is 6.92. The van der Waals surface area contributed by atoms with Crippen LogP contribution in [0.4, 0.5) is 0 Å². The van der Waals surface area contributed by atoms with Crippen molar-refractivity contribution in [1.29, 1.82) is 0 Å². The first-order chi connectivity index (χ1) is 12.3. The van der Waals surface area contributed by atoms with Crippen LogP contribution >= 0.6 is 0 Å². The monoisotopic (exact) mass is 378 g/mol. The highest BCUT2D eigenvalue weighted by Crippen LogP contribution is 2.59. The summed E-state index contributed by atoms with van der Waals surface area (Å²) in [6.45, 7) is 4.57. The third kappa shape index (κ3) is 3.52. The summed E-state index contributed by atoms with van der Waals surface area (Å²) in [7, 11) is -3.69. The Hall–Kier alpha value is -2.19. The van der Waals surface area contributed by atoms with Gasteiger partial charge in [0.15, 0.2) is 0 Å². The molecule has 1 aliphatic heterocycles. The molecule has 2 N–H and O–H groups in total. The van der Waals surface area contributed by atoms with Crippen molar-refractivity contribution >= 4 is 21.9 Å². The minimum Gasteiger partial charge on any atom is -0.481 e. The predicted molar refractivity (Wildman–Crippen MR) is 95.1 cm³/mol. The maximum absolute atomic E-state index is 12.7. The van der Waals surface area contributed by atoms with Gasteiger partial charge in [-0.3, -0.25) is 9.59 Å². The molecule has 1 spiro atoms. The minimum atomic E-state index is -3.69. The minimum absolute atomic E-state index is 0.0341. The van der Waals surface area contributed by atoms with Gasteiger partial charge in [0.1, 0.15) is 0 Å². The number of rotatable bonds is 6. The molecule has 2 aliphatic rings. The molecule has 2 fully saturated rings. The van der Waals surface area contributed by atoms with E-state index in [-0.39, 0.29) is 28.7 Å². The number of aliphatic carboxylic acids is 1. The zero-order valence-corrected chi connectivity index (χ0v) is 15.2. The number of hydrogen-bond acceptors (Lipinski definition) is 4. The fraction of sp³-hybridized carbons (Fsp3) is 0.444. The molecule has 1 aliphatic carbocycles. The van der Waals surface area contributed by atoms with Crippen LogP contribution in [0.3, 0.4) is 0 Å². The summed E-state index contributed by atoms with van der Waals surface area (Å²) in [5.41, 5.74) is 0.163. The highest BCUT2D eigenvalue weighted by atomic mass is 32.2. The average Bonchev–Trinajstić information content (AvgIpc) is 3.34. The number of piperidine rings is 1. The second-order valence-corrected chi connectivity index (χ2v) is 8.68. The van der Waals surface area contributed by atoms with Gasteiger partial charge in [-0.1, -0.05) is 12.1 Å². The van der Waals surface area contributed by atoms with Crippen molar-refractivity contribution in [2.75, 3.05) is 19.6 Å². The van der Waals surface area contributed by atoms with E-state index in [4.69, 9.17) is 5.11 Å². The first kappa shape index (κ1) is 18.6. The molecule has 1 saturated carbocycles. The standard InChI is InChI=1S/C18H22N2O5S/c1-2-8-19-26(24,25)14-5-3-4-13(11-14)16(21)20-9-6-18(7-10-20)12-15(18)17(22)23/h2-5,11,15,19H,1,6-10,12H2,(H,22,23). The first-order valence-electron chi connectivity index (χ1n) is 8.52. The average molecular weight is 378 g/mol. The molecule has 0 bridgehead atoms. The molecule has 1 aromatic rings. The second kappa shape index (κ2) is 6.85. The van der Waals surface area contributed by atoms with Crippen molar-refractivity contribution in [3.05, 3.63) is 42.5 Å². The van der Waals surface area contributed by atoms with Crippen LogP contribution in [0.5, 0.6) is 0 Å². The lowest BCUT2D eigenvalue weighted by Crippen LogP contribution is -2.40. The van der Waals surface area contributed by atoms with E-state index in [0.717, 1.165) is 0 Å². The molecule has 1 amide bonds. The van der Waals surface area contributed by atoms with Gasteiger partial charge in [0.05, 0.1) is 10.8 Å². The molecule has 0 radical (unpaired) electrons. The number of sulfonamides is 1. The van der Waals surface area contributed by atoms with Crippen molar-refractivity contribution in [2.45, 2.75) is 24.2 Å². The zero-order chi connectivity index (χ0) is 18.9. The molecule has 1 atom stereocenters.